The summed E-state index contributed by atoms with van der Waals surface area (Å²) >= 11 is 0. The van der Waals surface area contributed by atoms with Crippen molar-refractivity contribution >= 4 is 17.8 Å². The third-order valence-electron chi connectivity index (χ3n) is 11.1. The number of carbonyl (C=O) groups is 3. The summed E-state index contributed by atoms with van der Waals surface area (Å²) in [6, 6.07) is 0. The molecule has 0 aliphatic rings. The smallest absolute Gasteiger partial charge is 0.305 e. The zero-order chi connectivity index (χ0) is 40.5. The van der Waals surface area contributed by atoms with E-state index in [1.54, 1.807) is 0 Å². The van der Waals surface area contributed by atoms with Crippen LogP contribution in [-0.4, -0.2) is 73.9 Å². The summed E-state index contributed by atoms with van der Waals surface area (Å²) in [5.74, 6) is 0.493. The van der Waals surface area contributed by atoms with E-state index in [0.29, 0.717) is 44.9 Å². The van der Waals surface area contributed by atoms with E-state index in [2.05, 4.69) is 37.9 Å². The van der Waals surface area contributed by atoms with Gasteiger partial charge in [-0.3, -0.25) is 14.4 Å². The lowest BCUT2D eigenvalue weighted by atomic mass is 9.94. The van der Waals surface area contributed by atoms with Crippen molar-refractivity contribution in [3.05, 3.63) is 0 Å². The monoisotopic (exact) mass is 781 g/mol. The van der Waals surface area contributed by atoms with Gasteiger partial charge in [0.2, 0.25) is 5.91 Å². The summed E-state index contributed by atoms with van der Waals surface area (Å²) in [6.45, 7) is 12.9. The largest absolute Gasteiger partial charge is 0.465 e. The van der Waals surface area contributed by atoms with E-state index in [1.807, 2.05) is 0 Å². The summed E-state index contributed by atoms with van der Waals surface area (Å²) in [4.78, 5) is 39.9. The van der Waals surface area contributed by atoms with Crippen molar-refractivity contribution < 1.29 is 29.0 Å². The third kappa shape index (κ3) is 37.7. The average Bonchev–Trinajstić information content (AvgIpc) is 3.18. The molecule has 8 heteroatoms. The van der Waals surface area contributed by atoms with Gasteiger partial charge in [0.15, 0.2) is 0 Å². The van der Waals surface area contributed by atoms with Gasteiger partial charge in [-0.2, -0.15) is 0 Å². The zero-order valence-corrected chi connectivity index (χ0v) is 37.0. The van der Waals surface area contributed by atoms with Gasteiger partial charge in [-0.15, -0.1) is 0 Å². The van der Waals surface area contributed by atoms with E-state index in [9.17, 15) is 19.5 Å². The number of rotatable bonds is 43. The van der Waals surface area contributed by atoms with Gasteiger partial charge in [-0.25, -0.2) is 0 Å². The van der Waals surface area contributed by atoms with Gasteiger partial charge in [0, 0.05) is 38.3 Å². The van der Waals surface area contributed by atoms with Gasteiger partial charge < -0.3 is 24.8 Å². The molecule has 0 heterocycles. The summed E-state index contributed by atoms with van der Waals surface area (Å²) in [5, 5.41) is 13.0. The minimum Gasteiger partial charge on any atom is -0.465 e. The molecule has 55 heavy (non-hydrogen) atoms. The number of hydrogen-bond acceptors (Lipinski definition) is 7. The molecule has 1 atom stereocenters. The lowest BCUT2D eigenvalue weighted by Crippen LogP contribution is -2.30. The number of nitrogens with one attached hydrogen (secondary N) is 1. The lowest BCUT2D eigenvalue weighted by Gasteiger charge is -2.22. The number of unbranched alkanes of at least 4 members (excludes halogenated alkanes) is 19. The molecule has 0 rings (SSSR count). The Hall–Kier alpha value is -1.67. The number of amides is 1. The average molecular weight is 781 g/mol. The van der Waals surface area contributed by atoms with E-state index in [0.717, 1.165) is 96.7 Å². The molecule has 1 amide bonds. The van der Waals surface area contributed by atoms with Crippen molar-refractivity contribution in [1.82, 2.24) is 10.2 Å². The molecule has 0 radical (unpaired) electrons. The van der Waals surface area contributed by atoms with Crippen LogP contribution in [0.4, 0.5) is 0 Å². The Labute approximate surface area is 340 Å². The van der Waals surface area contributed by atoms with Gasteiger partial charge >= 0.3 is 11.9 Å². The van der Waals surface area contributed by atoms with Crippen LogP contribution in [0.2, 0.25) is 0 Å². The van der Waals surface area contributed by atoms with E-state index >= 15 is 0 Å². The Bertz CT molecular complexity index is 825. The van der Waals surface area contributed by atoms with Crippen molar-refractivity contribution in [1.29, 1.82) is 0 Å². The van der Waals surface area contributed by atoms with Gasteiger partial charge in [-0.05, 0) is 70.4 Å². The first-order valence-corrected chi connectivity index (χ1v) is 23.8. The summed E-state index contributed by atoms with van der Waals surface area (Å²) in [7, 11) is 0. The molecule has 0 saturated heterocycles. The Morgan fingerprint density at radius 1 is 0.473 bits per heavy atom. The highest BCUT2D eigenvalue weighted by molar-refractivity contribution is 5.75. The minimum absolute atomic E-state index is 0.00240. The first kappa shape index (κ1) is 53.3. The topological polar surface area (TPSA) is 105 Å². The maximum absolute atomic E-state index is 12.7. The van der Waals surface area contributed by atoms with Gasteiger partial charge in [0.25, 0.3) is 0 Å². The van der Waals surface area contributed by atoms with Crippen LogP contribution >= 0.6 is 0 Å². The SMILES string of the molecule is CCCCCCCCC(CCCCCC)CNC(=O)CCCCCN(CCO)CCCCC(COC(=O)CCCCCCC)COC(=O)CCCCCCC. The number of nitrogens with zero attached hydrogens (tertiary/aromatic N) is 1. The van der Waals surface area contributed by atoms with Crippen molar-refractivity contribution in [2.75, 3.05) is 46.0 Å². The number of esters is 2. The fourth-order valence-corrected chi connectivity index (χ4v) is 7.34. The molecule has 0 aliphatic carbocycles. The molecule has 1 unspecified atom stereocenters. The molecular weight excluding hydrogens is 689 g/mol. The highest BCUT2D eigenvalue weighted by Gasteiger charge is 2.16. The van der Waals surface area contributed by atoms with Crippen molar-refractivity contribution in [2.45, 2.75) is 227 Å². The third-order valence-corrected chi connectivity index (χ3v) is 11.1. The second-order valence-electron chi connectivity index (χ2n) is 16.5. The predicted molar refractivity (Wildman–Crippen MR) is 231 cm³/mol. The molecule has 0 aromatic heterocycles. The highest BCUT2D eigenvalue weighted by atomic mass is 16.5. The highest BCUT2D eigenvalue weighted by Crippen LogP contribution is 2.19. The Morgan fingerprint density at radius 2 is 0.855 bits per heavy atom. The van der Waals surface area contributed by atoms with Gasteiger partial charge in [-0.1, -0.05) is 156 Å². The van der Waals surface area contributed by atoms with Crippen molar-refractivity contribution in [3.63, 3.8) is 0 Å². The van der Waals surface area contributed by atoms with E-state index < -0.39 is 0 Å². The number of ether oxygens (including phenoxy) is 2. The summed E-state index contributed by atoms with van der Waals surface area (Å²) < 4.78 is 11.3. The number of hydrogen-bond donors (Lipinski definition) is 2. The van der Waals surface area contributed by atoms with Gasteiger partial charge in [0.05, 0.1) is 19.8 Å². The minimum atomic E-state index is -0.152. The van der Waals surface area contributed by atoms with Crippen molar-refractivity contribution in [2.24, 2.45) is 11.8 Å². The van der Waals surface area contributed by atoms with E-state index in [4.69, 9.17) is 9.47 Å². The first-order valence-electron chi connectivity index (χ1n) is 23.8. The lowest BCUT2D eigenvalue weighted by molar-refractivity contribution is -0.149. The van der Waals surface area contributed by atoms with Crippen LogP contribution in [0.1, 0.15) is 227 Å². The van der Waals surface area contributed by atoms with E-state index in [1.165, 1.54) is 103 Å². The summed E-state index contributed by atoms with van der Waals surface area (Å²) in [5.41, 5.74) is 0. The molecular formula is C47H92N2O6. The molecule has 8 nitrogen and oxygen atoms in total. The molecule has 0 fully saturated rings. The normalized spacial score (nSPS) is 12.1. The van der Waals surface area contributed by atoms with Crippen molar-refractivity contribution in [3.8, 4) is 0 Å². The second-order valence-corrected chi connectivity index (χ2v) is 16.5. The Morgan fingerprint density at radius 3 is 1.36 bits per heavy atom. The first-order chi connectivity index (χ1) is 26.9. The number of aliphatic hydroxyl groups excluding tert-OH is 1. The van der Waals surface area contributed by atoms with Crippen LogP contribution in [0.15, 0.2) is 0 Å². The van der Waals surface area contributed by atoms with Crippen LogP contribution in [0.25, 0.3) is 0 Å². The fourth-order valence-electron chi connectivity index (χ4n) is 7.34. The Kier molecular flexibility index (Phi) is 40.7. The van der Waals surface area contributed by atoms with Crippen LogP contribution in [0.5, 0.6) is 0 Å². The van der Waals surface area contributed by atoms with Crippen LogP contribution in [0, 0.1) is 11.8 Å². The number of carbonyl (C=O) groups excluding carboxylic acids is 3. The standard InChI is InChI=1S/C47H92N2O6/c1-5-9-13-17-20-23-31-43(30-22-16-12-8-4)40-48-45(51)33-24-21-28-36-49(38-39-50)37-29-27-32-44(41-54-46(52)34-25-18-14-10-6-2)42-55-47(53)35-26-19-15-11-7-3/h43-44,50H,5-42H2,1-4H3,(H,48,51). The molecule has 2 N–H and O–H groups in total. The zero-order valence-electron chi connectivity index (χ0n) is 37.0. The summed E-state index contributed by atoms with van der Waals surface area (Å²) in [6.07, 6.45) is 33.6. The Balaban J connectivity index is 4.58. The number of aliphatic hydroxyl groups is 1. The molecule has 326 valence electrons. The molecule has 0 spiro atoms. The predicted octanol–water partition coefficient (Wildman–Crippen LogP) is 11.9. The van der Waals surface area contributed by atoms with Gasteiger partial charge in [0.1, 0.15) is 0 Å². The maximum atomic E-state index is 12.7. The molecule has 0 saturated carbocycles. The molecule has 0 aromatic carbocycles. The van der Waals surface area contributed by atoms with Crippen LogP contribution < -0.4 is 5.32 Å². The molecule has 0 bridgehead atoms. The molecule has 0 aromatic rings. The van der Waals surface area contributed by atoms with Crippen LogP contribution in [0.3, 0.4) is 0 Å². The fraction of sp³-hybridized carbons (Fsp3) is 0.936. The molecule has 0 aliphatic heterocycles. The maximum Gasteiger partial charge on any atom is 0.305 e. The second kappa shape index (κ2) is 41.9. The quantitative estimate of drug-likeness (QED) is 0.0469. The van der Waals surface area contributed by atoms with Crippen LogP contribution in [-0.2, 0) is 23.9 Å². The van der Waals surface area contributed by atoms with E-state index in [-0.39, 0.29) is 30.4 Å².